The van der Waals surface area contributed by atoms with E-state index in [1.165, 1.54) is 9.80 Å². The van der Waals surface area contributed by atoms with Crippen LogP contribution in [0.4, 0.5) is 10.5 Å². The second-order valence-corrected chi connectivity index (χ2v) is 12.9. The molecule has 1 saturated carbocycles. The lowest BCUT2D eigenvalue weighted by Crippen LogP contribution is -2.78. The van der Waals surface area contributed by atoms with Crippen LogP contribution in [0.2, 0.25) is 0 Å². The maximum atomic E-state index is 13.8. The van der Waals surface area contributed by atoms with Crippen LogP contribution in [0.15, 0.2) is 58.5 Å². The van der Waals surface area contributed by atoms with Crippen LogP contribution in [-0.4, -0.2) is 106 Å². The number of imide groups is 1. The second kappa shape index (κ2) is 9.80. The summed E-state index contributed by atoms with van der Waals surface area (Å²) < 4.78 is 6.00. The molecule has 15 heteroatoms. The van der Waals surface area contributed by atoms with Gasteiger partial charge in [0.2, 0.25) is 5.79 Å². The summed E-state index contributed by atoms with van der Waals surface area (Å²) in [6.45, 7) is -0.0330. The molecule has 240 valence electrons. The predicted octanol–water partition coefficient (Wildman–Crippen LogP) is -0.866. The summed E-state index contributed by atoms with van der Waals surface area (Å²) in [5.74, 6) is -3.34. The van der Waals surface area contributed by atoms with Gasteiger partial charge in [-0.05, 0) is 37.5 Å². The zero-order valence-corrected chi connectivity index (χ0v) is 24.9. The van der Waals surface area contributed by atoms with E-state index in [1.807, 2.05) is 18.2 Å². The molecule has 2 aromatic carbocycles. The first kappa shape index (κ1) is 28.6. The number of nitrogens with one attached hydrogen (secondary N) is 2. The molecule has 8 N–H and O–H groups in total. The highest BCUT2D eigenvalue weighted by molar-refractivity contribution is 6.12. The van der Waals surface area contributed by atoms with Gasteiger partial charge < -0.3 is 42.0 Å². The van der Waals surface area contributed by atoms with Gasteiger partial charge in [0.05, 0.1) is 24.8 Å². The maximum Gasteiger partial charge on any atom is 0.331 e. The number of nitrogens with two attached hydrogens (primary N) is 2. The number of aliphatic imine (C=N–C) groups is 2. The molecule has 0 radical (unpaired) electrons. The number of ether oxygens (including phenoxy) is 1. The smallest absolute Gasteiger partial charge is 0.331 e. The summed E-state index contributed by atoms with van der Waals surface area (Å²) in [6, 6.07) is 10.4. The Balaban J connectivity index is 1.07. The summed E-state index contributed by atoms with van der Waals surface area (Å²) >= 11 is 0. The zero-order valence-electron chi connectivity index (χ0n) is 24.9. The fourth-order valence-electron chi connectivity index (χ4n) is 8.08. The molecule has 4 amide bonds. The molecule has 2 aromatic rings. The van der Waals surface area contributed by atoms with Gasteiger partial charge in [-0.15, -0.1) is 0 Å². The van der Waals surface area contributed by atoms with Gasteiger partial charge in [-0.3, -0.25) is 19.4 Å². The highest BCUT2D eigenvalue weighted by Gasteiger charge is 2.73. The number of fused-ring (bicyclic) bond motifs is 2. The summed E-state index contributed by atoms with van der Waals surface area (Å²) in [7, 11) is 0. The number of aliphatic hydroxyl groups is 2. The van der Waals surface area contributed by atoms with E-state index >= 15 is 0 Å². The quantitative estimate of drug-likeness (QED) is 0.178. The minimum Gasteiger partial charge on any atom is -0.492 e. The van der Waals surface area contributed by atoms with Crippen molar-refractivity contribution < 1.29 is 29.3 Å². The van der Waals surface area contributed by atoms with Gasteiger partial charge in [0.15, 0.2) is 17.6 Å². The van der Waals surface area contributed by atoms with Gasteiger partial charge in [0.1, 0.15) is 24.4 Å². The third-order valence-corrected chi connectivity index (χ3v) is 10.6. The van der Waals surface area contributed by atoms with Crippen molar-refractivity contribution in [1.82, 2.24) is 20.4 Å². The van der Waals surface area contributed by atoms with Gasteiger partial charge in [0.25, 0.3) is 11.8 Å². The molecule has 15 nitrogen and oxygen atoms in total. The van der Waals surface area contributed by atoms with Crippen LogP contribution in [0, 0.1) is 0 Å². The van der Waals surface area contributed by atoms with Crippen LogP contribution < -0.4 is 31.7 Å². The first-order chi connectivity index (χ1) is 22.1. The van der Waals surface area contributed by atoms with Crippen molar-refractivity contribution in [2.45, 2.75) is 60.7 Å². The van der Waals surface area contributed by atoms with Crippen molar-refractivity contribution in [3.63, 3.8) is 0 Å². The van der Waals surface area contributed by atoms with Crippen LogP contribution in [0.3, 0.4) is 0 Å². The molecule has 1 aliphatic carbocycles. The third-order valence-electron chi connectivity index (χ3n) is 10.6. The van der Waals surface area contributed by atoms with Crippen molar-refractivity contribution in [2.24, 2.45) is 21.5 Å². The van der Waals surface area contributed by atoms with E-state index in [-0.39, 0.29) is 37.0 Å². The topological polar surface area (TPSA) is 211 Å². The van der Waals surface area contributed by atoms with Crippen molar-refractivity contribution in [2.75, 3.05) is 31.1 Å². The minimum absolute atomic E-state index is 0.0145. The Hall–Kier alpha value is -4.89. The van der Waals surface area contributed by atoms with Crippen LogP contribution in [-0.2, 0) is 10.2 Å². The van der Waals surface area contributed by atoms with Crippen molar-refractivity contribution in [3.05, 3.63) is 59.7 Å². The van der Waals surface area contributed by atoms with Crippen molar-refractivity contribution in [1.29, 1.82) is 0 Å². The van der Waals surface area contributed by atoms with Crippen molar-refractivity contribution >= 4 is 35.5 Å². The molecule has 2 saturated heterocycles. The fraction of sp³-hybridized carbons (Fsp3) is 0.452. The van der Waals surface area contributed by atoms with Gasteiger partial charge in [0, 0.05) is 23.2 Å². The molecular formula is C31H35N9O6. The Morgan fingerprint density at radius 2 is 1.85 bits per heavy atom. The first-order valence-corrected chi connectivity index (χ1v) is 15.5. The lowest BCUT2D eigenvalue weighted by atomic mass is 9.61. The summed E-state index contributed by atoms with van der Waals surface area (Å²) in [5, 5.41) is 29.5. The van der Waals surface area contributed by atoms with E-state index in [1.54, 1.807) is 30.3 Å². The SMILES string of the molecule is NC1=N[C@H]2[C@H](CN3C(=O)CN(c4ccccc4)C3=O)N=C(N)N3CC(NC(=O)c4cccc5c4OCCC54CCC4)C(O)(O)C23N1. The van der Waals surface area contributed by atoms with Crippen molar-refractivity contribution in [3.8, 4) is 5.75 Å². The number of guanidine groups is 2. The van der Waals surface area contributed by atoms with E-state index in [2.05, 4.69) is 20.6 Å². The normalized spacial score (nSPS) is 30.0. The van der Waals surface area contributed by atoms with Gasteiger partial charge in [-0.1, -0.05) is 36.8 Å². The number of hydrogen-bond acceptors (Lipinski definition) is 12. The van der Waals surface area contributed by atoms with E-state index in [4.69, 9.17) is 16.2 Å². The number of anilines is 1. The largest absolute Gasteiger partial charge is 0.492 e. The molecule has 0 aromatic heterocycles. The molecule has 6 aliphatic rings. The average molecular weight is 630 g/mol. The number of rotatable bonds is 5. The number of carbonyl (C=O) groups is 3. The molecule has 2 spiro atoms. The Morgan fingerprint density at radius 3 is 2.59 bits per heavy atom. The van der Waals surface area contributed by atoms with E-state index in [0.717, 1.165) is 36.1 Å². The monoisotopic (exact) mass is 629 g/mol. The summed E-state index contributed by atoms with van der Waals surface area (Å²) in [6.07, 6.45) is 4.10. The lowest BCUT2D eigenvalue weighted by Gasteiger charge is -2.49. The summed E-state index contributed by atoms with van der Waals surface area (Å²) in [5.41, 5.74) is 12.6. The molecule has 8 rings (SSSR count). The highest BCUT2D eigenvalue weighted by atomic mass is 16.5. The Kier molecular flexibility index (Phi) is 6.09. The number of amides is 4. The van der Waals surface area contributed by atoms with E-state index < -0.39 is 47.4 Å². The van der Waals surface area contributed by atoms with Crippen LogP contribution >= 0.6 is 0 Å². The molecule has 46 heavy (non-hydrogen) atoms. The zero-order chi connectivity index (χ0) is 32.0. The minimum atomic E-state index is -2.68. The predicted molar refractivity (Wildman–Crippen MR) is 165 cm³/mol. The maximum absolute atomic E-state index is 13.8. The van der Waals surface area contributed by atoms with E-state index in [0.29, 0.717) is 23.6 Å². The third kappa shape index (κ3) is 3.81. The molecule has 2 unspecified atom stereocenters. The lowest BCUT2D eigenvalue weighted by molar-refractivity contribution is -0.230. The molecule has 5 heterocycles. The number of carbonyl (C=O) groups excluding carboxylic acids is 3. The number of hydrogen-bond donors (Lipinski definition) is 6. The fourth-order valence-corrected chi connectivity index (χ4v) is 8.08. The highest BCUT2D eigenvalue weighted by Crippen LogP contribution is 2.52. The average Bonchev–Trinajstić information content (AvgIpc) is 3.61. The Morgan fingerprint density at radius 1 is 1.07 bits per heavy atom. The molecule has 3 fully saturated rings. The molecule has 0 bridgehead atoms. The molecular weight excluding hydrogens is 594 g/mol. The number of urea groups is 1. The van der Waals surface area contributed by atoms with Gasteiger partial charge >= 0.3 is 6.03 Å². The first-order valence-electron chi connectivity index (χ1n) is 15.5. The standard InChI is InChI=1S/C31H35N9O6/c32-26-36-24-20(14-39-22(41)16-38(28(39)43)17-6-2-1-3-7-17)34-27(33)40-15-21(31(44,45)30(24,40)37-26)35-25(42)18-8-4-9-19-23(18)46-13-12-29(19)10-5-11-29/h1-4,6-9,20-21,24,44-45H,5,10-16H2,(H2,33,34)(H,35,42)(H3,32,36,37)/t20-,21?,24-,30?/m0/s1. The van der Waals surface area contributed by atoms with Crippen LogP contribution in [0.1, 0.15) is 41.6 Å². The molecule has 5 aliphatic heterocycles. The Labute approximate surface area is 263 Å². The van der Waals surface area contributed by atoms with Crippen LogP contribution in [0.5, 0.6) is 5.75 Å². The van der Waals surface area contributed by atoms with Gasteiger partial charge in [-0.2, -0.15) is 0 Å². The number of nitrogens with zero attached hydrogens (tertiary/aromatic N) is 5. The molecule has 4 atom stereocenters. The summed E-state index contributed by atoms with van der Waals surface area (Å²) in [4.78, 5) is 53.0. The van der Waals surface area contributed by atoms with E-state index in [9.17, 15) is 24.6 Å². The second-order valence-electron chi connectivity index (χ2n) is 12.9. The number of benzene rings is 2. The van der Waals surface area contributed by atoms with Gasteiger partial charge in [-0.25, -0.2) is 14.8 Å². The van der Waals surface area contributed by atoms with Crippen LogP contribution in [0.25, 0.3) is 0 Å². The Bertz CT molecular complexity index is 1710. The number of para-hydroxylation sites is 2.